The van der Waals surface area contributed by atoms with Gasteiger partial charge in [-0.05, 0) is 31.5 Å². The second-order valence-corrected chi connectivity index (χ2v) is 5.52. The molecule has 25 heavy (non-hydrogen) atoms. The Hall–Kier alpha value is -3.55. The highest BCUT2D eigenvalue weighted by atomic mass is 16.6. The minimum atomic E-state index is -0.613. The lowest BCUT2D eigenvalue weighted by Gasteiger charge is -2.10. The number of aryl methyl sites for hydroxylation is 2. The van der Waals surface area contributed by atoms with Crippen LogP contribution in [0.15, 0.2) is 47.4 Å². The molecular formula is C17H14N4O4. The Balaban J connectivity index is 2.03. The minimum absolute atomic E-state index is 0.0413. The molecule has 2 aromatic heterocycles. The number of anilines is 1. The van der Waals surface area contributed by atoms with Crippen LogP contribution in [0, 0.1) is 24.0 Å². The van der Waals surface area contributed by atoms with Gasteiger partial charge in [-0.15, -0.1) is 0 Å². The van der Waals surface area contributed by atoms with Crippen molar-refractivity contribution >= 4 is 22.9 Å². The number of aromatic nitrogens is 2. The van der Waals surface area contributed by atoms with E-state index in [9.17, 15) is 19.7 Å². The number of amides is 1. The number of carbonyl (C=O) groups is 1. The van der Waals surface area contributed by atoms with E-state index in [1.807, 2.05) is 13.0 Å². The molecule has 0 aliphatic carbocycles. The predicted octanol–water partition coefficient (Wildman–Crippen LogP) is 2.47. The number of non-ortho nitro benzene ring substituents is 1. The highest BCUT2D eigenvalue weighted by molar-refractivity contribution is 6.04. The van der Waals surface area contributed by atoms with Crippen molar-refractivity contribution in [2.75, 3.05) is 5.32 Å². The largest absolute Gasteiger partial charge is 0.316 e. The van der Waals surface area contributed by atoms with Crippen LogP contribution < -0.4 is 10.9 Å². The van der Waals surface area contributed by atoms with Crippen LogP contribution in [0.25, 0.3) is 5.65 Å². The van der Waals surface area contributed by atoms with Gasteiger partial charge >= 0.3 is 0 Å². The van der Waals surface area contributed by atoms with E-state index >= 15 is 0 Å². The van der Waals surface area contributed by atoms with Crippen molar-refractivity contribution in [1.82, 2.24) is 9.38 Å². The van der Waals surface area contributed by atoms with E-state index < -0.39 is 16.4 Å². The molecule has 1 amide bonds. The zero-order valence-electron chi connectivity index (χ0n) is 13.5. The van der Waals surface area contributed by atoms with E-state index in [0.29, 0.717) is 11.3 Å². The summed E-state index contributed by atoms with van der Waals surface area (Å²) < 4.78 is 1.35. The first-order chi connectivity index (χ1) is 11.9. The van der Waals surface area contributed by atoms with Gasteiger partial charge in [-0.3, -0.25) is 24.1 Å². The van der Waals surface area contributed by atoms with E-state index in [1.165, 1.54) is 22.6 Å². The molecule has 0 radical (unpaired) electrons. The Morgan fingerprint density at radius 2 is 2.00 bits per heavy atom. The number of pyridine rings is 1. The van der Waals surface area contributed by atoms with Gasteiger partial charge in [0, 0.05) is 23.9 Å². The number of nitrogens with zero attached hydrogens (tertiary/aromatic N) is 3. The highest BCUT2D eigenvalue weighted by Gasteiger charge is 2.16. The van der Waals surface area contributed by atoms with Crippen LogP contribution in [0.3, 0.4) is 0 Å². The Kier molecular flexibility index (Phi) is 4.02. The van der Waals surface area contributed by atoms with E-state index in [2.05, 4.69) is 10.3 Å². The maximum atomic E-state index is 12.6. The lowest BCUT2D eigenvalue weighted by atomic mass is 10.2. The second kappa shape index (κ2) is 6.16. The molecule has 2 heterocycles. The Bertz CT molecular complexity index is 1070. The fraction of sp³-hybridized carbons (Fsp3) is 0.118. The number of benzene rings is 1. The van der Waals surface area contributed by atoms with Crippen molar-refractivity contribution in [2.24, 2.45) is 0 Å². The van der Waals surface area contributed by atoms with E-state index in [4.69, 9.17) is 0 Å². The summed E-state index contributed by atoms with van der Waals surface area (Å²) in [5.41, 5.74) is 1.23. The number of hydrogen-bond acceptors (Lipinski definition) is 5. The maximum Gasteiger partial charge on any atom is 0.281 e. The summed E-state index contributed by atoms with van der Waals surface area (Å²) in [5, 5.41) is 13.3. The third kappa shape index (κ3) is 2.97. The fourth-order valence-electron chi connectivity index (χ4n) is 2.49. The molecule has 0 fully saturated rings. The molecule has 1 aromatic carbocycles. The van der Waals surface area contributed by atoms with Crippen LogP contribution in [-0.4, -0.2) is 20.2 Å². The Morgan fingerprint density at radius 1 is 1.24 bits per heavy atom. The predicted molar refractivity (Wildman–Crippen MR) is 92.0 cm³/mol. The molecule has 1 N–H and O–H groups in total. The summed E-state index contributed by atoms with van der Waals surface area (Å²) in [7, 11) is 0. The summed E-state index contributed by atoms with van der Waals surface area (Å²) in [6, 6.07) is 8.84. The summed E-state index contributed by atoms with van der Waals surface area (Å²) >= 11 is 0. The van der Waals surface area contributed by atoms with Gasteiger partial charge in [0.05, 0.1) is 10.6 Å². The van der Waals surface area contributed by atoms with Gasteiger partial charge in [-0.2, -0.15) is 0 Å². The fourth-order valence-corrected chi connectivity index (χ4v) is 2.49. The molecule has 0 bridgehead atoms. The first kappa shape index (κ1) is 16.3. The minimum Gasteiger partial charge on any atom is -0.316 e. The summed E-state index contributed by atoms with van der Waals surface area (Å²) in [6.45, 7) is 3.46. The second-order valence-electron chi connectivity index (χ2n) is 5.52. The molecule has 8 nitrogen and oxygen atoms in total. The molecule has 3 aromatic rings. The highest BCUT2D eigenvalue weighted by Crippen LogP contribution is 2.16. The first-order valence-electron chi connectivity index (χ1n) is 7.43. The molecule has 8 heteroatoms. The number of nitro benzene ring substituents is 1. The summed E-state index contributed by atoms with van der Waals surface area (Å²) in [4.78, 5) is 39.6. The molecule has 0 aliphatic rings. The molecule has 0 saturated heterocycles. The smallest absolute Gasteiger partial charge is 0.281 e. The quantitative estimate of drug-likeness (QED) is 0.583. The first-order valence-corrected chi connectivity index (χ1v) is 7.43. The molecule has 126 valence electrons. The number of carbonyl (C=O) groups excluding carboxylic acids is 1. The van der Waals surface area contributed by atoms with E-state index in [0.717, 1.165) is 11.6 Å². The average molecular weight is 338 g/mol. The zero-order valence-corrected chi connectivity index (χ0v) is 13.5. The molecule has 3 rings (SSSR count). The lowest BCUT2D eigenvalue weighted by molar-refractivity contribution is -0.384. The zero-order chi connectivity index (χ0) is 18.1. The van der Waals surface area contributed by atoms with Gasteiger partial charge in [0.15, 0.2) is 0 Å². The van der Waals surface area contributed by atoms with E-state index in [1.54, 1.807) is 19.2 Å². The number of nitro groups is 1. The van der Waals surface area contributed by atoms with Gasteiger partial charge < -0.3 is 5.32 Å². The standard InChI is InChI=1S/C17H14N4O4/c1-10-5-4-8-20-15(10)18-11(2)14(17(20)23)19-16(22)12-6-3-7-13(9-12)21(24)25/h3-9H,1-2H3,(H,19,22). The van der Waals surface area contributed by atoms with Crippen LogP contribution in [0.2, 0.25) is 0 Å². The topological polar surface area (TPSA) is 107 Å². The maximum absolute atomic E-state index is 12.6. The molecule has 0 spiro atoms. The number of hydrogen-bond donors (Lipinski definition) is 1. The van der Waals surface area contributed by atoms with Gasteiger partial charge in [0.2, 0.25) is 0 Å². The van der Waals surface area contributed by atoms with Gasteiger partial charge in [0.25, 0.3) is 17.2 Å². The van der Waals surface area contributed by atoms with Crippen molar-refractivity contribution in [3.8, 4) is 0 Å². The molecule has 0 unspecified atom stereocenters. The van der Waals surface area contributed by atoms with Crippen molar-refractivity contribution < 1.29 is 9.72 Å². The van der Waals surface area contributed by atoms with Crippen LogP contribution >= 0.6 is 0 Å². The summed E-state index contributed by atoms with van der Waals surface area (Å²) in [5.74, 6) is -0.613. The Labute approximate surface area is 141 Å². The van der Waals surface area contributed by atoms with Crippen molar-refractivity contribution in [3.05, 3.63) is 79.9 Å². The Morgan fingerprint density at radius 3 is 2.72 bits per heavy atom. The van der Waals surface area contributed by atoms with Crippen LogP contribution in [0.4, 0.5) is 11.4 Å². The molecular weight excluding hydrogens is 324 g/mol. The van der Waals surface area contributed by atoms with Crippen molar-refractivity contribution in [2.45, 2.75) is 13.8 Å². The summed E-state index contributed by atoms with van der Waals surface area (Å²) in [6.07, 6.45) is 1.57. The monoisotopic (exact) mass is 338 g/mol. The third-order valence-corrected chi connectivity index (χ3v) is 3.79. The van der Waals surface area contributed by atoms with Crippen molar-refractivity contribution in [3.63, 3.8) is 0 Å². The average Bonchev–Trinajstić information content (AvgIpc) is 2.59. The number of nitrogens with one attached hydrogen (secondary N) is 1. The number of rotatable bonds is 3. The number of fused-ring (bicyclic) bond motifs is 1. The van der Waals surface area contributed by atoms with E-state index in [-0.39, 0.29) is 16.9 Å². The van der Waals surface area contributed by atoms with Crippen molar-refractivity contribution in [1.29, 1.82) is 0 Å². The molecule has 0 saturated carbocycles. The lowest BCUT2D eigenvalue weighted by Crippen LogP contribution is -2.25. The molecule has 0 aliphatic heterocycles. The van der Waals surface area contributed by atoms with Gasteiger partial charge in [0.1, 0.15) is 11.3 Å². The third-order valence-electron chi connectivity index (χ3n) is 3.79. The van der Waals surface area contributed by atoms with Gasteiger partial charge in [-0.1, -0.05) is 12.1 Å². The van der Waals surface area contributed by atoms with Crippen LogP contribution in [0.1, 0.15) is 21.6 Å². The van der Waals surface area contributed by atoms with Crippen LogP contribution in [0.5, 0.6) is 0 Å². The molecule has 0 atom stereocenters. The van der Waals surface area contributed by atoms with Gasteiger partial charge in [-0.25, -0.2) is 4.98 Å². The van der Waals surface area contributed by atoms with Crippen LogP contribution in [-0.2, 0) is 0 Å². The normalized spacial score (nSPS) is 10.6. The SMILES string of the molecule is Cc1nc2c(C)cccn2c(=O)c1NC(=O)c1cccc([N+](=O)[O-])c1.